The number of hydrogen-bond donors (Lipinski definition) is 0. The molecule has 1 amide bonds. The predicted molar refractivity (Wildman–Crippen MR) is 183 cm³/mol. The van der Waals surface area contributed by atoms with E-state index in [1.165, 1.54) is 22.9 Å². The van der Waals surface area contributed by atoms with Crippen LogP contribution in [0.25, 0.3) is 6.08 Å². The third-order valence-corrected chi connectivity index (χ3v) is 8.80. The quantitative estimate of drug-likeness (QED) is 0.158. The van der Waals surface area contributed by atoms with Crippen LogP contribution in [0.4, 0.5) is 11.4 Å². The van der Waals surface area contributed by atoms with E-state index in [0.29, 0.717) is 33.7 Å². The Kier molecular flexibility index (Phi) is 10.2. The molecule has 8 heteroatoms. The number of halogens is 1. The lowest BCUT2D eigenvalue weighted by atomic mass is 10.1. The van der Waals surface area contributed by atoms with Crippen LogP contribution in [0.15, 0.2) is 99.3 Å². The molecule has 1 heterocycles. The van der Waals surface area contributed by atoms with E-state index in [9.17, 15) is 10.1 Å². The van der Waals surface area contributed by atoms with Gasteiger partial charge < -0.3 is 9.47 Å². The molecule has 1 fully saturated rings. The second-order valence-electron chi connectivity index (χ2n) is 10.00. The number of amides is 1. The zero-order valence-electron chi connectivity index (χ0n) is 24.8. The Bertz CT molecular complexity index is 1760. The number of thioether (sulfide) groups is 1. The van der Waals surface area contributed by atoms with Crippen LogP contribution in [0.1, 0.15) is 48.6 Å². The first kappa shape index (κ1) is 31.1. The van der Waals surface area contributed by atoms with Gasteiger partial charge in [0.05, 0.1) is 34.5 Å². The van der Waals surface area contributed by atoms with Crippen LogP contribution in [0.3, 0.4) is 0 Å². The van der Waals surface area contributed by atoms with Gasteiger partial charge in [0.15, 0.2) is 16.7 Å². The molecule has 0 saturated carbocycles. The van der Waals surface area contributed by atoms with Crippen LogP contribution < -0.4 is 14.4 Å². The van der Waals surface area contributed by atoms with Crippen molar-refractivity contribution in [2.24, 2.45) is 4.99 Å². The molecule has 1 aliphatic rings. The lowest BCUT2D eigenvalue weighted by Gasteiger charge is -2.16. The number of amidine groups is 1. The zero-order valence-corrected chi connectivity index (χ0v) is 27.2. The van der Waals surface area contributed by atoms with Crippen molar-refractivity contribution in [3.05, 3.63) is 122 Å². The summed E-state index contributed by atoms with van der Waals surface area (Å²) >= 11 is 5.01. The Hall–Kier alpha value is -4.32. The summed E-state index contributed by atoms with van der Waals surface area (Å²) in [6.07, 6.45) is 3.71. The van der Waals surface area contributed by atoms with Gasteiger partial charge in [-0.15, -0.1) is 0 Å². The predicted octanol–water partition coefficient (Wildman–Crippen LogP) is 9.23. The monoisotopic (exact) mass is 665 g/mol. The third-order valence-electron chi connectivity index (χ3n) is 7.15. The van der Waals surface area contributed by atoms with Gasteiger partial charge in [-0.3, -0.25) is 9.69 Å². The Morgan fingerprint density at radius 1 is 0.909 bits per heavy atom. The van der Waals surface area contributed by atoms with E-state index < -0.39 is 0 Å². The standard InChI is InChI=1S/C36H32BrN3O3S/c1-4-24-11-15-29(16-12-24)39-36-40(30-17-13-25(5-2)14-18-30)35(41)34(44-36)20-28-19-32(42-6-3)33(21-31(28)37)43-23-27-10-8-7-9-26(27)22-38/h7-21H,4-6,23H2,1-3H3/b34-20-,39-36?. The maximum atomic E-state index is 13.9. The fourth-order valence-corrected chi connectivity index (χ4v) is 6.10. The van der Waals surface area contributed by atoms with Crippen LogP contribution in [0, 0.1) is 11.3 Å². The maximum absolute atomic E-state index is 13.9. The molecule has 222 valence electrons. The van der Waals surface area contributed by atoms with Crippen molar-refractivity contribution in [2.45, 2.75) is 40.2 Å². The molecule has 0 N–H and O–H groups in total. The van der Waals surface area contributed by atoms with Crippen molar-refractivity contribution >= 4 is 56.2 Å². The van der Waals surface area contributed by atoms with Gasteiger partial charge in [-0.2, -0.15) is 5.26 Å². The highest BCUT2D eigenvalue weighted by atomic mass is 79.9. The van der Waals surface area contributed by atoms with Gasteiger partial charge in [-0.05, 0) is 96.8 Å². The van der Waals surface area contributed by atoms with E-state index >= 15 is 0 Å². The highest BCUT2D eigenvalue weighted by molar-refractivity contribution is 9.10. The number of rotatable bonds is 10. The summed E-state index contributed by atoms with van der Waals surface area (Å²) in [4.78, 5) is 21.0. The van der Waals surface area contributed by atoms with Gasteiger partial charge in [0, 0.05) is 10.0 Å². The molecule has 0 bridgehead atoms. The van der Waals surface area contributed by atoms with Crippen LogP contribution in [0.5, 0.6) is 11.5 Å². The number of benzene rings is 4. The Morgan fingerprint density at radius 3 is 2.23 bits per heavy atom. The van der Waals surface area contributed by atoms with E-state index in [4.69, 9.17) is 14.5 Å². The molecule has 44 heavy (non-hydrogen) atoms. The first-order valence-electron chi connectivity index (χ1n) is 14.5. The molecule has 4 aromatic carbocycles. The number of carbonyl (C=O) groups excluding carboxylic acids is 1. The molecule has 0 spiro atoms. The molecule has 0 atom stereocenters. The SMILES string of the molecule is CCOc1cc(/C=C2\SC(=Nc3ccc(CC)cc3)N(c3ccc(CC)cc3)C2=O)c(Br)cc1OCc1ccccc1C#N. The molecule has 6 nitrogen and oxygen atoms in total. The fraction of sp³-hybridized carbons (Fsp3) is 0.194. The normalized spacial score (nSPS) is 14.7. The molecule has 5 rings (SSSR count). The van der Waals surface area contributed by atoms with E-state index in [2.05, 4.69) is 48.0 Å². The minimum atomic E-state index is -0.151. The van der Waals surface area contributed by atoms with E-state index in [0.717, 1.165) is 39.8 Å². The number of aliphatic imine (C=N–C) groups is 1. The van der Waals surface area contributed by atoms with Gasteiger partial charge in [-0.1, -0.05) is 72.2 Å². The lowest BCUT2D eigenvalue weighted by Crippen LogP contribution is -2.28. The van der Waals surface area contributed by atoms with E-state index in [1.807, 2.05) is 79.7 Å². The fourth-order valence-electron chi connectivity index (χ4n) is 4.67. The van der Waals surface area contributed by atoms with E-state index in [1.54, 1.807) is 11.0 Å². The van der Waals surface area contributed by atoms with Gasteiger partial charge in [-0.25, -0.2) is 4.99 Å². The van der Waals surface area contributed by atoms with Crippen LogP contribution in [0.2, 0.25) is 0 Å². The van der Waals surface area contributed by atoms with Crippen LogP contribution in [-0.2, 0) is 24.2 Å². The molecular weight excluding hydrogens is 634 g/mol. The largest absolute Gasteiger partial charge is 0.490 e. The van der Waals surface area contributed by atoms with Crippen molar-refractivity contribution in [1.29, 1.82) is 5.26 Å². The average Bonchev–Trinajstić information content (AvgIpc) is 3.35. The molecule has 0 aromatic heterocycles. The molecule has 0 radical (unpaired) electrons. The topological polar surface area (TPSA) is 74.9 Å². The summed E-state index contributed by atoms with van der Waals surface area (Å²) in [5.41, 5.74) is 6.10. The smallest absolute Gasteiger partial charge is 0.271 e. The number of ether oxygens (including phenoxy) is 2. The number of carbonyl (C=O) groups is 1. The number of nitrogens with zero attached hydrogens (tertiary/aromatic N) is 3. The van der Waals surface area contributed by atoms with Crippen LogP contribution >= 0.6 is 27.7 Å². The summed E-state index contributed by atoms with van der Waals surface area (Å²) in [6.45, 7) is 6.78. The number of hydrogen-bond acceptors (Lipinski definition) is 6. The Morgan fingerprint density at radius 2 is 1.57 bits per heavy atom. The summed E-state index contributed by atoms with van der Waals surface area (Å²) < 4.78 is 12.8. The Labute approximate surface area is 271 Å². The minimum absolute atomic E-state index is 0.151. The summed E-state index contributed by atoms with van der Waals surface area (Å²) in [5.74, 6) is 0.931. The molecule has 1 saturated heterocycles. The first-order chi connectivity index (χ1) is 21.4. The summed E-state index contributed by atoms with van der Waals surface area (Å²) in [7, 11) is 0. The number of nitriles is 1. The van der Waals surface area contributed by atoms with Crippen molar-refractivity contribution in [1.82, 2.24) is 0 Å². The van der Waals surface area contributed by atoms with Crippen molar-refractivity contribution in [3.63, 3.8) is 0 Å². The van der Waals surface area contributed by atoms with Crippen molar-refractivity contribution < 1.29 is 14.3 Å². The summed E-state index contributed by atoms with van der Waals surface area (Å²) in [5, 5.41) is 10.0. The highest BCUT2D eigenvalue weighted by Gasteiger charge is 2.35. The van der Waals surface area contributed by atoms with Gasteiger partial charge in [0.1, 0.15) is 6.61 Å². The third kappa shape index (κ3) is 7.07. The second kappa shape index (κ2) is 14.4. The lowest BCUT2D eigenvalue weighted by molar-refractivity contribution is -0.113. The van der Waals surface area contributed by atoms with Crippen LogP contribution in [-0.4, -0.2) is 17.7 Å². The van der Waals surface area contributed by atoms with Crippen molar-refractivity contribution in [3.8, 4) is 17.6 Å². The number of aryl methyl sites for hydroxylation is 2. The van der Waals surface area contributed by atoms with Gasteiger partial charge in [0.25, 0.3) is 5.91 Å². The minimum Gasteiger partial charge on any atom is -0.490 e. The summed E-state index contributed by atoms with van der Waals surface area (Å²) in [6, 6.07) is 29.4. The van der Waals surface area contributed by atoms with Gasteiger partial charge in [0.2, 0.25) is 0 Å². The number of anilines is 1. The molecular formula is C36H32BrN3O3S. The molecule has 0 aliphatic carbocycles. The van der Waals surface area contributed by atoms with Crippen molar-refractivity contribution in [2.75, 3.05) is 11.5 Å². The second-order valence-corrected chi connectivity index (χ2v) is 11.9. The maximum Gasteiger partial charge on any atom is 0.271 e. The first-order valence-corrected chi connectivity index (χ1v) is 16.1. The average molecular weight is 667 g/mol. The van der Waals surface area contributed by atoms with Gasteiger partial charge >= 0.3 is 0 Å². The Balaban J connectivity index is 1.49. The molecule has 4 aromatic rings. The highest BCUT2D eigenvalue weighted by Crippen LogP contribution is 2.41. The molecule has 0 unspecified atom stereocenters. The van der Waals surface area contributed by atoms with E-state index in [-0.39, 0.29) is 12.5 Å². The molecule has 1 aliphatic heterocycles. The zero-order chi connectivity index (χ0) is 31.1.